The molecule has 1 aliphatic carbocycles. The van der Waals surface area contributed by atoms with Gasteiger partial charge in [0.05, 0.1) is 0 Å². The number of rotatable bonds is 2. The normalized spacial score (nSPS) is 24.0. The molecule has 18 heavy (non-hydrogen) atoms. The van der Waals surface area contributed by atoms with E-state index in [2.05, 4.69) is 10.1 Å². The first-order chi connectivity index (χ1) is 8.75. The van der Waals surface area contributed by atoms with Crippen molar-refractivity contribution < 1.29 is 9.90 Å². The Hall–Kier alpha value is -1.95. The second-order valence-electron chi connectivity index (χ2n) is 4.18. The van der Waals surface area contributed by atoms with Gasteiger partial charge in [-0.15, -0.1) is 11.3 Å². The summed E-state index contributed by atoms with van der Waals surface area (Å²) in [4.78, 5) is 16.6. The topological polar surface area (TPSA) is 68.0 Å². The predicted octanol–water partition coefficient (Wildman–Crippen LogP) is 2.08. The number of ketones is 1. The van der Waals surface area contributed by atoms with Crippen LogP contribution in [0.25, 0.3) is 0 Å². The summed E-state index contributed by atoms with van der Waals surface area (Å²) >= 11 is 1.58. The molecular weight excluding hydrogens is 250 g/mol. The Morgan fingerprint density at radius 1 is 1.50 bits per heavy atom. The Kier molecular flexibility index (Phi) is 2.71. The first-order valence-corrected chi connectivity index (χ1v) is 6.44. The van der Waals surface area contributed by atoms with Gasteiger partial charge in [0, 0.05) is 23.3 Å². The lowest BCUT2D eigenvalue weighted by molar-refractivity contribution is -0.116. The largest absolute Gasteiger partial charge is 0.510 e. The third-order valence-electron chi connectivity index (χ3n) is 3.04. The van der Waals surface area contributed by atoms with Crippen molar-refractivity contribution >= 4 is 17.1 Å². The van der Waals surface area contributed by atoms with E-state index in [1.54, 1.807) is 22.3 Å². The van der Waals surface area contributed by atoms with Crippen molar-refractivity contribution in [2.75, 3.05) is 0 Å². The summed E-state index contributed by atoms with van der Waals surface area (Å²) in [5.74, 6) is -0.0818. The van der Waals surface area contributed by atoms with E-state index in [0.717, 1.165) is 4.88 Å². The first kappa shape index (κ1) is 11.2. The number of allylic oxidation sites excluding steroid dienone is 2. The number of aliphatic hydroxyl groups excluding tert-OH is 1. The Labute approximate surface area is 107 Å². The first-order valence-electron chi connectivity index (χ1n) is 5.56. The predicted molar refractivity (Wildman–Crippen MR) is 66.5 cm³/mol. The number of carbonyl (C=O) groups excluding carboxylic acids is 1. The lowest BCUT2D eigenvalue weighted by atomic mass is 9.86. The highest BCUT2D eigenvalue weighted by Gasteiger charge is 2.35. The third-order valence-corrected chi connectivity index (χ3v) is 4.05. The van der Waals surface area contributed by atoms with E-state index in [4.69, 9.17) is 0 Å². The van der Waals surface area contributed by atoms with Gasteiger partial charge in [0.25, 0.3) is 0 Å². The lowest BCUT2D eigenvalue weighted by Crippen LogP contribution is -2.26. The van der Waals surface area contributed by atoms with Crippen LogP contribution >= 0.6 is 11.3 Å². The molecule has 0 fully saturated rings. The second kappa shape index (κ2) is 4.38. The smallest absolute Gasteiger partial charge is 0.159 e. The van der Waals surface area contributed by atoms with Gasteiger partial charge in [-0.1, -0.05) is 6.07 Å². The van der Waals surface area contributed by atoms with Crippen LogP contribution in [0.1, 0.15) is 23.3 Å². The molecule has 0 saturated carbocycles. The van der Waals surface area contributed by atoms with E-state index in [1.807, 2.05) is 17.5 Å². The zero-order chi connectivity index (χ0) is 12.5. The van der Waals surface area contributed by atoms with Gasteiger partial charge in [0.2, 0.25) is 0 Å². The van der Waals surface area contributed by atoms with E-state index in [0.29, 0.717) is 6.42 Å². The van der Waals surface area contributed by atoms with Gasteiger partial charge in [0.15, 0.2) is 5.78 Å². The number of hydrogen-bond donors (Lipinski definition) is 1. The van der Waals surface area contributed by atoms with Gasteiger partial charge in [-0.2, -0.15) is 5.10 Å². The van der Waals surface area contributed by atoms with E-state index in [9.17, 15) is 9.90 Å². The molecule has 6 heteroatoms. The average Bonchev–Trinajstić information content (AvgIpc) is 3.01. The van der Waals surface area contributed by atoms with Crippen molar-refractivity contribution in [3.05, 3.63) is 46.9 Å². The van der Waals surface area contributed by atoms with E-state index in [-0.39, 0.29) is 23.5 Å². The Bertz CT molecular complexity index is 575. The fourth-order valence-electron chi connectivity index (χ4n) is 2.28. The molecule has 2 atom stereocenters. The van der Waals surface area contributed by atoms with Crippen LogP contribution in [0.4, 0.5) is 0 Å². The number of thiophene rings is 1. The van der Waals surface area contributed by atoms with Crippen LogP contribution in [0.15, 0.2) is 42.0 Å². The average molecular weight is 261 g/mol. The molecule has 2 heterocycles. The zero-order valence-electron chi connectivity index (χ0n) is 9.43. The SMILES string of the molecule is O=C1C=C(O)[C@@H](n2cncn2)[C@@H](c2cccs2)C1. The minimum absolute atomic E-state index is 0.0511. The minimum Gasteiger partial charge on any atom is -0.510 e. The fourth-order valence-corrected chi connectivity index (χ4v) is 3.14. The molecule has 3 rings (SSSR count). The van der Waals surface area contributed by atoms with Crippen LogP contribution < -0.4 is 0 Å². The maximum atomic E-state index is 11.6. The molecule has 0 radical (unpaired) electrons. The molecule has 0 unspecified atom stereocenters. The van der Waals surface area contributed by atoms with Crippen molar-refractivity contribution in [3.8, 4) is 0 Å². The molecule has 1 aliphatic rings. The molecule has 2 aromatic rings. The highest BCUT2D eigenvalue weighted by Crippen LogP contribution is 2.40. The number of aliphatic hydroxyl groups is 1. The molecule has 92 valence electrons. The molecule has 0 bridgehead atoms. The Morgan fingerprint density at radius 2 is 2.39 bits per heavy atom. The van der Waals surface area contributed by atoms with Crippen molar-refractivity contribution in [3.63, 3.8) is 0 Å². The van der Waals surface area contributed by atoms with Crippen molar-refractivity contribution in [1.82, 2.24) is 14.8 Å². The lowest BCUT2D eigenvalue weighted by Gasteiger charge is -2.28. The zero-order valence-corrected chi connectivity index (χ0v) is 10.2. The van der Waals surface area contributed by atoms with Crippen molar-refractivity contribution in [1.29, 1.82) is 0 Å². The molecule has 0 aliphatic heterocycles. The number of aromatic nitrogens is 3. The van der Waals surface area contributed by atoms with Crippen LogP contribution in [0.2, 0.25) is 0 Å². The Morgan fingerprint density at radius 3 is 3.06 bits per heavy atom. The highest BCUT2D eigenvalue weighted by atomic mass is 32.1. The summed E-state index contributed by atoms with van der Waals surface area (Å²) < 4.78 is 1.60. The molecule has 0 spiro atoms. The van der Waals surface area contributed by atoms with Gasteiger partial charge in [0.1, 0.15) is 24.5 Å². The summed E-state index contributed by atoms with van der Waals surface area (Å²) in [7, 11) is 0. The number of carbonyl (C=O) groups is 1. The van der Waals surface area contributed by atoms with Gasteiger partial charge in [-0.25, -0.2) is 9.67 Å². The molecule has 2 aromatic heterocycles. The second-order valence-corrected chi connectivity index (χ2v) is 5.16. The van der Waals surface area contributed by atoms with Crippen molar-refractivity contribution in [2.24, 2.45) is 0 Å². The number of nitrogens with zero attached hydrogens (tertiary/aromatic N) is 3. The summed E-state index contributed by atoms with van der Waals surface area (Å²) in [5, 5.41) is 16.1. The van der Waals surface area contributed by atoms with Crippen LogP contribution in [-0.4, -0.2) is 25.7 Å². The highest BCUT2D eigenvalue weighted by molar-refractivity contribution is 7.10. The van der Waals surface area contributed by atoms with Gasteiger partial charge >= 0.3 is 0 Å². The quantitative estimate of drug-likeness (QED) is 0.898. The molecule has 0 saturated heterocycles. The van der Waals surface area contributed by atoms with E-state index >= 15 is 0 Å². The number of hydrogen-bond acceptors (Lipinski definition) is 5. The van der Waals surface area contributed by atoms with Crippen LogP contribution in [0.5, 0.6) is 0 Å². The summed E-state index contributed by atoms with van der Waals surface area (Å²) in [6, 6.07) is 3.58. The molecule has 5 nitrogen and oxygen atoms in total. The standard InChI is InChI=1S/C12H11N3O2S/c16-8-4-9(11-2-1-3-18-11)12(10(17)5-8)15-7-13-6-14-15/h1-3,5-7,9,12,17H,4H2/t9-,12+/m1/s1. The van der Waals surface area contributed by atoms with E-state index < -0.39 is 0 Å². The van der Waals surface area contributed by atoms with Gasteiger partial charge < -0.3 is 5.11 Å². The maximum absolute atomic E-state index is 11.6. The monoisotopic (exact) mass is 261 g/mol. The minimum atomic E-state index is -0.344. The van der Waals surface area contributed by atoms with E-state index in [1.165, 1.54) is 12.4 Å². The van der Waals surface area contributed by atoms with Gasteiger partial charge in [-0.05, 0) is 11.4 Å². The van der Waals surface area contributed by atoms with Crippen LogP contribution in [-0.2, 0) is 4.79 Å². The van der Waals surface area contributed by atoms with Gasteiger partial charge in [-0.3, -0.25) is 4.79 Å². The molecule has 0 amide bonds. The van der Waals surface area contributed by atoms with Crippen LogP contribution in [0.3, 0.4) is 0 Å². The van der Waals surface area contributed by atoms with Crippen molar-refractivity contribution in [2.45, 2.75) is 18.4 Å². The summed E-state index contributed by atoms with van der Waals surface area (Å²) in [5.41, 5.74) is 0. The fraction of sp³-hybridized carbons (Fsp3) is 0.250. The summed E-state index contributed by atoms with van der Waals surface area (Å²) in [6.45, 7) is 0. The summed E-state index contributed by atoms with van der Waals surface area (Å²) in [6.07, 6.45) is 4.66. The molecular formula is C12H11N3O2S. The molecule has 0 aromatic carbocycles. The maximum Gasteiger partial charge on any atom is 0.159 e. The third kappa shape index (κ3) is 1.84. The Balaban J connectivity index is 2.05. The molecule has 1 N–H and O–H groups in total. The van der Waals surface area contributed by atoms with Crippen LogP contribution in [0, 0.1) is 0 Å².